The Balaban J connectivity index is 0.00000145. The highest BCUT2D eigenvalue weighted by atomic mass is 19.1. The number of rotatable bonds is 12. The first-order valence-electron chi connectivity index (χ1n) is 12.4. The van der Waals surface area contributed by atoms with Crippen LogP contribution >= 0.6 is 0 Å². The number of aromatic nitrogens is 1. The summed E-state index contributed by atoms with van der Waals surface area (Å²) in [6.45, 7) is 9.26. The Bertz CT molecular complexity index is 983. The van der Waals surface area contributed by atoms with Crippen molar-refractivity contribution in [3.63, 3.8) is 0 Å². The molecule has 2 aromatic carbocycles. The van der Waals surface area contributed by atoms with Crippen molar-refractivity contribution in [3.05, 3.63) is 48.5 Å². The van der Waals surface area contributed by atoms with Gasteiger partial charge in [0, 0.05) is 37.8 Å². The molecule has 0 saturated heterocycles. The normalized spacial score (nSPS) is 10.1. The lowest BCUT2D eigenvalue weighted by Crippen LogP contribution is -2.12. The van der Waals surface area contributed by atoms with Crippen LogP contribution in [-0.4, -0.2) is 65.8 Å². The fourth-order valence-corrected chi connectivity index (χ4v) is 3.15. The van der Waals surface area contributed by atoms with E-state index in [1.165, 1.54) is 0 Å². The van der Waals surface area contributed by atoms with E-state index in [9.17, 15) is 4.39 Å². The molecule has 0 aliphatic carbocycles. The third-order valence-corrected chi connectivity index (χ3v) is 4.81. The van der Waals surface area contributed by atoms with Gasteiger partial charge in [-0.15, -0.1) is 0 Å². The molecule has 35 heavy (non-hydrogen) atoms. The van der Waals surface area contributed by atoms with Gasteiger partial charge in [-0.2, -0.15) is 0 Å². The van der Waals surface area contributed by atoms with Crippen LogP contribution in [0.1, 0.15) is 27.7 Å². The number of ether oxygens (including phenoxy) is 3. The molecule has 0 unspecified atom stereocenters. The van der Waals surface area contributed by atoms with E-state index in [4.69, 9.17) is 19.2 Å². The molecule has 3 rings (SSSR count). The number of nitrogens with zero attached hydrogens (tertiary/aromatic N) is 2. The van der Waals surface area contributed by atoms with Crippen LogP contribution in [0.3, 0.4) is 0 Å². The number of fused-ring (bicyclic) bond motifs is 1. The predicted molar refractivity (Wildman–Crippen MR) is 147 cm³/mol. The molecule has 0 fully saturated rings. The van der Waals surface area contributed by atoms with Gasteiger partial charge in [0.05, 0.1) is 43.3 Å². The highest BCUT2D eigenvalue weighted by molar-refractivity contribution is 5.85. The zero-order chi connectivity index (χ0) is 26.1. The second kappa shape index (κ2) is 17.5. The Morgan fingerprint density at radius 1 is 0.829 bits per heavy atom. The van der Waals surface area contributed by atoms with Gasteiger partial charge in [-0.05, 0) is 36.4 Å². The van der Waals surface area contributed by atoms with Crippen molar-refractivity contribution < 1.29 is 18.6 Å². The van der Waals surface area contributed by atoms with Crippen molar-refractivity contribution in [2.45, 2.75) is 27.7 Å². The lowest BCUT2D eigenvalue weighted by molar-refractivity contribution is 0.0326. The van der Waals surface area contributed by atoms with Crippen molar-refractivity contribution in [2.75, 3.05) is 71.1 Å². The Labute approximate surface area is 210 Å². The number of hydrogen-bond donors (Lipinski definition) is 1. The SMILES string of the molecule is CC.CC.CNc1ccc(-c2ccc3cc(N(C)C)ccc3n2)cc1OCCOCCOCCF. The molecule has 1 heterocycles. The molecule has 0 bridgehead atoms. The standard InChI is InChI=1S/C24H30FN3O3.2C2H6/c1-26-23-8-5-19(17-24(23)31-15-14-30-13-12-29-11-10-25)21-7-4-18-16-20(28(2)3)6-9-22(18)27-21;2*1-2/h4-9,16-17,26H,10-15H2,1-3H3;2*1-2H3. The van der Waals surface area contributed by atoms with E-state index < -0.39 is 6.67 Å². The fraction of sp³-hybridized carbons (Fsp3) is 0.464. The van der Waals surface area contributed by atoms with E-state index >= 15 is 0 Å². The molecule has 3 aromatic rings. The lowest BCUT2D eigenvalue weighted by atomic mass is 10.1. The topological polar surface area (TPSA) is 55.9 Å². The first-order valence-corrected chi connectivity index (χ1v) is 12.4. The second-order valence-electron chi connectivity index (χ2n) is 7.19. The Morgan fingerprint density at radius 3 is 2.17 bits per heavy atom. The van der Waals surface area contributed by atoms with Crippen LogP contribution in [0.2, 0.25) is 0 Å². The molecule has 194 valence electrons. The summed E-state index contributed by atoms with van der Waals surface area (Å²) in [4.78, 5) is 6.91. The zero-order valence-electron chi connectivity index (χ0n) is 22.4. The number of hydrogen-bond acceptors (Lipinski definition) is 6. The second-order valence-corrected chi connectivity index (χ2v) is 7.19. The Kier molecular flexibility index (Phi) is 15.1. The third-order valence-electron chi connectivity index (χ3n) is 4.81. The molecule has 0 aliphatic rings. The molecule has 0 saturated carbocycles. The fourth-order valence-electron chi connectivity index (χ4n) is 3.15. The molecule has 6 nitrogen and oxygen atoms in total. The highest BCUT2D eigenvalue weighted by Gasteiger charge is 2.08. The van der Waals surface area contributed by atoms with Crippen LogP contribution in [0.15, 0.2) is 48.5 Å². The van der Waals surface area contributed by atoms with Crippen molar-refractivity contribution in [3.8, 4) is 17.0 Å². The van der Waals surface area contributed by atoms with Gasteiger partial charge < -0.3 is 24.4 Å². The smallest absolute Gasteiger partial charge is 0.143 e. The maximum Gasteiger partial charge on any atom is 0.143 e. The summed E-state index contributed by atoms with van der Waals surface area (Å²) in [5.74, 6) is 0.738. The highest BCUT2D eigenvalue weighted by Crippen LogP contribution is 2.31. The zero-order valence-corrected chi connectivity index (χ0v) is 22.4. The number of alkyl halides is 1. The molecular formula is C28H42FN3O3. The Morgan fingerprint density at radius 2 is 1.51 bits per heavy atom. The number of anilines is 2. The summed E-state index contributed by atoms with van der Waals surface area (Å²) in [5, 5.41) is 4.25. The third kappa shape index (κ3) is 9.70. The molecule has 0 aliphatic heterocycles. The minimum Gasteiger partial charge on any atom is -0.489 e. The van der Waals surface area contributed by atoms with Gasteiger partial charge in [-0.25, -0.2) is 9.37 Å². The van der Waals surface area contributed by atoms with Gasteiger partial charge >= 0.3 is 0 Å². The van der Waals surface area contributed by atoms with Gasteiger partial charge in [0.15, 0.2) is 0 Å². The van der Waals surface area contributed by atoms with Crippen LogP contribution in [0.5, 0.6) is 5.75 Å². The molecule has 0 amide bonds. The minimum atomic E-state index is -0.477. The summed E-state index contributed by atoms with van der Waals surface area (Å²) in [7, 11) is 5.91. The van der Waals surface area contributed by atoms with E-state index in [1.54, 1.807) is 0 Å². The summed E-state index contributed by atoms with van der Waals surface area (Å²) in [5.41, 5.74) is 4.86. The van der Waals surface area contributed by atoms with Crippen molar-refractivity contribution in [1.29, 1.82) is 0 Å². The average molecular weight is 488 g/mol. The van der Waals surface area contributed by atoms with Gasteiger partial charge in [0.2, 0.25) is 0 Å². The maximum atomic E-state index is 12.0. The molecule has 0 spiro atoms. The van der Waals surface area contributed by atoms with Crippen LogP contribution < -0.4 is 15.0 Å². The molecule has 1 N–H and O–H groups in total. The molecule has 0 atom stereocenters. The molecule has 1 aromatic heterocycles. The maximum absolute atomic E-state index is 12.0. The van der Waals surface area contributed by atoms with Crippen molar-refractivity contribution in [1.82, 2.24) is 4.98 Å². The Hall–Kier alpha value is -2.90. The van der Waals surface area contributed by atoms with E-state index in [1.807, 2.05) is 79.2 Å². The number of benzene rings is 2. The monoisotopic (exact) mass is 487 g/mol. The van der Waals surface area contributed by atoms with Crippen LogP contribution in [0.4, 0.5) is 15.8 Å². The van der Waals surface area contributed by atoms with Crippen molar-refractivity contribution >= 4 is 22.3 Å². The first kappa shape index (κ1) is 30.1. The summed E-state index contributed by atoms with van der Waals surface area (Å²) >= 11 is 0. The predicted octanol–water partition coefficient (Wildman–Crippen LogP) is 6.44. The summed E-state index contributed by atoms with van der Waals surface area (Å²) < 4.78 is 28.4. The minimum absolute atomic E-state index is 0.109. The summed E-state index contributed by atoms with van der Waals surface area (Å²) in [6, 6.07) is 16.4. The van der Waals surface area contributed by atoms with Gasteiger partial charge in [0.1, 0.15) is 19.0 Å². The number of halogens is 1. The van der Waals surface area contributed by atoms with Crippen LogP contribution in [-0.2, 0) is 9.47 Å². The van der Waals surface area contributed by atoms with Crippen LogP contribution in [0, 0.1) is 0 Å². The van der Waals surface area contributed by atoms with E-state index in [0.717, 1.165) is 39.3 Å². The molecule has 7 heteroatoms. The number of pyridine rings is 1. The van der Waals surface area contributed by atoms with E-state index in [-0.39, 0.29) is 6.61 Å². The first-order chi connectivity index (χ1) is 17.1. The lowest BCUT2D eigenvalue weighted by Gasteiger charge is -2.14. The van der Waals surface area contributed by atoms with Gasteiger partial charge in [-0.3, -0.25) is 0 Å². The van der Waals surface area contributed by atoms with Crippen molar-refractivity contribution in [2.24, 2.45) is 0 Å². The quantitative estimate of drug-likeness (QED) is 0.297. The molecular weight excluding hydrogens is 445 g/mol. The largest absolute Gasteiger partial charge is 0.489 e. The van der Waals surface area contributed by atoms with E-state index in [0.29, 0.717) is 26.4 Å². The average Bonchev–Trinajstić information content (AvgIpc) is 2.91. The summed E-state index contributed by atoms with van der Waals surface area (Å²) in [6.07, 6.45) is 0. The van der Waals surface area contributed by atoms with Gasteiger partial charge in [-0.1, -0.05) is 39.8 Å². The van der Waals surface area contributed by atoms with Gasteiger partial charge in [0.25, 0.3) is 0 Å². The van der Waals surface area contributed by atoms with Crippen LogP contribution in [0.25, 0.3) is 22.2 Å². The van der Waals surface area contributed by atoms with E-state index in [2.05, 4.69) is 28.4 Å². The number of nitrogens with one attached hydrogen (secondary N) is 1. The molecule has 0 radical (unpaired) electrons.